The number of likely N-dealkylation sites (N-methyl/N-ethyl adjacent to an activating group) is 1. The molecule has 0 aromatic heterocycles. The minimum Gasteiger partial charge on any atom is -0.460 e. The number of amides is 3. The Morgan fingerprint density at radius 2 is 1.52 bits per heavy atom. The zero-order valence-electron chi connectivity index (χ0n) is 25.2. The molecule has 0 aliphatic carbocycles. The van der Waals surface area contributed by atoms with Crippen molar-refractivity contribution in [2.24, 2.45) is 0 Å². The van der Waals surface area contributed by atoms with Crippen LogP contribution >= 0.6 is 0 Å². The number of nitrogens with one attached hydrogen (secondary N) is 3. The number of esters is 1. The summed E-state index contributed by atoms with van der Waals surface area (Å²) >= 11 is 0. The van der Waals surface area contributed by atoms with Crippen LogP contribution in [-0.2, 0) is 36.9 Å². The van der Waals surface area contributed by atoms with Gasteiger partial charge in [0.05, 0.1) is 12.6 Å². The van der Waals surface area contributed by atoms with Gasteiger partial charge in [-0.1, -0.05) is 66.7 Å². The Morgan fingerprint density at radius 3 is 2.12 bits per heavy atom. The van der Waals surface area contributed by atoms with E-state index in [4.69, 9.17) is 9.47 Å². The molecule has 0 bridgehead atoms. The van der Waals surface area contributed by atoms with E-state index >= 15 is 0 Å². The van der Waals surface area contributed by atoms with Gasteiger partial charge < -0.3 is 30.3 Å². The van der Waals surface area contributed by atoms with E-state index in [2.05, 4.69) is 16.0 Å². The van der Waals surface area contributed by atoms with E-state index in [1.165, 1.54) is 11.0 Å². The predicted molar refractivity (Wildman–Crippen MR) is 161 cm³/mol. The Bertz CT molecular complexity index is 1160. The Labute approximate surface area is 248 Å². The summed E-state index contributed by atoms with van der Waals surface area (Å²) in [4.78, 5) is 51.6. The summed E-state index contributed by atoms with van der Waals surface area (Å²) in [5, 5.41) is 8.65. The van der Waals surface area contributed by atoms with Crippen molar-refractivity contribution >= 4 is 23.9 Å². The lowest BCUT2D eigenvalue weighted by Crippen LogP contribution is -2.51. The van der Waals surface area contributed by atoms with Crippen LogP contribution in [0.3, 0.4) is 0 Å². The van der Waals surface area contributed by atoms with Gasteiger partial charge in [-0.05, 0) is 57.7 Å². The topological polar surface area (TPSA) is 126 Å². The number of carbonyl (C=O) groups excluding carboxylic acids is 4. The Kier molecular flexibility index (Phi) is 14.3. The van der Waals surface area contributed by atoms with E-state index in [-0.39, 0.29) is 31.4 Å². The molecule has 3 N–H and O–H groups in total. The molecule has 2 rings (SSSR count). The zero-order chi connectivity index (χ0) is 31.0. The summed E-state index contributed by atoms with van der Waals surface area (Å²) in [6.07, 6.45) is 3.59. The number of ether oxygens (including phenoxy) is 2. The summed E-state index contributed by atoms with van der Waals surface area (Å²) in [5.74, 6) is -1.01. The molecular weight excluding hydrogens is 536 g/mol. The fraction of sp³-hybridized carbons (Fsp3) is 0.438. The second-order valence-corrected chi connectivity index (χ2v) is 11.1. The first kappa shape index (κ1) is 34.0. The van der Waals surface area contributed by atoms with E-state index in [0.29, 0.717) is 19.4 Å². The molecule has 42 heavy (non-hydrogen) atoms. The highest BCUT2D eigenvalue weighted by Gasteiger charge is 2.25. The third kappa shape index (κ3) is 14.5. The minimum absolute atomic E-state index is 0.0209. The summed E-state index contributed by atoms with van der Waals surface area (Å²) in [5.41, 5.74) is 1.14. The molecule has 2 atom stereocenters. The average Bonchev–Trinajstić information content (AvgIpc) is 2.93. The molecule has 2 aromatic rings. The second-order valence-electron chi connectivity index (χ2n) is 11.1. The molecular formula is C32H44N4O6. The van der Waals surface area contributed by atoms with Crippen LogP contribution in [0.15, 0.2) is 72.8 Å². The van der Waals surface area contributed by atoms with Gasteiger partial charge >= 0.3 is 12.1 Å². The molecule has 228 valence electrons. The summed E-state index contributed by atoms with van der Waals surface area (Å²) < 4.78 is 10.6. The quantitative estimate of drug-likeness (QED) is 0.168. The largest absolute Gasteiger partial charge is 0.460 e. The van der Waals surface area contributed by atoms with Crippen molar-refractivity contribution in [3.8, 4) is 0 Å². The molecule has 10 heteroatoms. The maximum absolute atomic E-state index is 13.4. The lowest BCUT2D eigenvalue weighted by molar-refractivity contribution is -0.143. The fourth-order valence-electron chi connectivity index (χ4n) is 3.80. The van der Waals surface area contributed by atoms with Crippen LogP contribution in [0, 0.1) is 0 Å². The molecule has 0 radical (unpaired) electrons. The molecule has 2 aromatic carbocycles. The fourth-order valence-corrected chi connectivity index (χ4v) is 3.80. The van der Waals surface area contributed by atoms with Crippen LogP contribution in [0.1, 0.15) is 44.7 Å². The highest BCUT2D eigenvalue weighted by Crippen LogP contribution is 2.10. The maximum Gasteiger partial charge on any atom is 0.408 e. The first-order chi connectivity index (χ1) is 19.9. The monoisotopic (exact) mass is 580 g/mol. The van der Waals surface area contributed by atoms with Crippen molar-refractivity contribution in [2.75, 3.05) is 27.2 Å². The summed E-state index contributed by atoms with van der Waals surface area (Å²) in [6.45, 7) is 5.86. The van der Waals surface area contributed by atoms with E-state index in [9.17, 15) is 19.2 Å². The van der Waals surface area contributed by atoms with Crippen molar-refractivity contribution in [1.29, 1.82) is 0 Å². The van der Waals surface area contributed by atoms with Crippen LogP contribution in [0.5, 0.6) is 0 Å². The van der Waals surface area contributed by atoms with E-state index < -0.39 is 29.7 Å². The van der Waals surface area contributed by atoms with Gasteiger partial charge in [-0.3, -0.25) is 14.4 Å². The number of nitrogens with zero attached hydrogens (tertiary/aromatic N) is 1. The molecule has 0 saturated carbocycles. The van der Waals surface area contributed by atoms with E-state index in [1.807, 2.05) is 60.7 Å². The van der Waals surface area contributed by atoms with Gasteiger partial charge in [0, 0.05) is 20.2 Å². The minimum atomic E-state index is -0.900. The molecule has 10 nitrogen and oxygen atoms in total. The van der Waals surface area contributed by atoms with Crippen LogP contribution < -0.4 is 16.0 Å². The Balaban J connectivity index is 1.99. The van der Waals surface area contributed by atoms with Gasteiger partial charge in [-0.2, -0.15) is 0 Å². The summed E-state index contributed by atoms with van der Waals surface area (Å²) in [7, 11) is 3.30. The predicted octanol–water partition coefficient (Wildman–Crippen LogP) is 3.36. The van der Waals surface area contributed by atoms with E-state index in [0.717, 1.165) is 11.1 Å². The lowest BCUT2D eigenvalue weighted by Gasteiger charge is -2.25. The molecule has 2 unspecified atom stereocenters. The molecule has 0 spiro atoms. The lowest BCUT2D eigenvalue weighted by atomic mass is 10.0. The third-order valence-electron chi connectivity index (χ3n) is 5.90. The molecule has 0 aliphatic rings. The van der Waals surface area contributed by atoms with Crippen LogP contribution in [-0.4, -0.2) is 73.6 Å². The Morgan fingerprint density at radius 1 is 0.905 bits per heavy atom. The number of benzene rings is 2. The zero-order valence-corrected chi connectivity index (χ0v) is 25.2. The standard InChI is InChI=1S/C32H44N4O6/c1-32(2,3)42-31(40)35-27(17-12-20-33-22-29(38)41-23-25-15-10-7-11-16-25)30(39)34-26(18-19-28(37)36(4)5)21-24-13-8-6-9-14-24/h6-11,13-16,18-19,26-27,33H,12,17,20-23H2,1-5H3,(H,34,39)(H,35,40)/b19-18+. The molecule has 0 fully saturated rings. The molecule has 0 heterocycles. The van der Waals surface area contributed by atoms with Crippen LogP contribution in [0.25, 0.3) is 0 Å². The van der Waals surface area contributed by atoms with Gasteiger partial charge in [-0.25, -0.2) is 4.79 Å². The van der Waals surface area contributed by atoms with Crippen molar-refractivity contribution in [3.63, 3.8) is 0 Å². The van der Waals surface area contributed by atoms with Crippen molar-refractivity contribution in [1.82, 2.24) is 20.9 Å². The third-order valence-corrected chi connectivity index (χ3v) is 5.90. The summed E-state index contributed by atoms with van der Waals surface area (Å²) in [6, 6.07) is 17.6. The maximum atomic E-state index is 13.4. The normalized spacial score (nSPS) is 12.7. The van der Waals surface area contributed by atoms with Gasteiger partial charge in [-0.15, -0.1) is 0 Å². The van der Waals surface area contributed by atoms with Crippen LogP contribution in [0.2, 0.25) is 0 Å². The van der Waals surface area contributed by atoms with Gasteiger partial charge in [0.25, 0.3) is 0 Å². The average molecular weight is 581 g/mol. The number of hydrogen-bond acceptors (Lipinski definition) is 7. The second kappa shape index (κ2) is 17.6. The molecule has 0 aliphatic heterocycles. The SMILES string of the molecule is CN(C)C(=O)/C=C/C(Cc1ccccc1)NC(=O)C(CCCNCC(=O)OCc1ccccc1)NC(=O)OC(C)(C)C. The van der Waals surface area contributed by atoms with Crippen molar-refractivity contribution in [3.05, 3.63) is 83.9 Å². The molecule has 3 amide bonds. The first-order valence-corrected chi connectivity index (χ1v) is 14.1. The number of carbonyl (C=O) groups is 4. The van der Waals surface area contributed by atoms with Gasteiger partial charge in [0.2, 0.25) is 11.8 Å². The van der Waals surface area contributed by atoms with Gasteiger partial charge in [0.15, 0.2) is 0 Å². The van der Waals surface area contributed by atoms with Gasteiger partial charge in [0.1, 0.15) is 18.2 Å². The van der Waals surface area contributed by atoms with Crippen molar-refractivity contribution in [2.45, 2.75) is 64.3 Å². The molecule has 0 saturated heterocycles. The van der Waals surface area contributed by atoms with Crippen LogP contribution in [0.4, 0.5) is 4.79 Å². The highest BCUT2D eigenvalue weighted by atomic mass is 16.6. The van der Waals surface area contributed by atoms with Crippen molar-refractivity contribution < 1.29 is 28.7 Å². The number of alkyl carbamates (subject to hydrolysis) is 1. The Hall–Kier alpha value is -4.18. The smallest absolute Gasteiger partial charge is 0.408 e. The first-order valence-electron chi connectivity index (χ1n) is 14.1. The highest BCUT2D eigenvalue weighted by molar-refractivity contribution is 5.88. The number of hydrogen-bond donors (Lipinski definition) is 3. The van der Waals surface area contributed by atoms with E-state index in [1.54, 1.807) is 40.9 Å². The number of rotatable bonds is 15.